The number of hydrogen-bond acceptors (Lipinski definition) is 1. The summed E-state index contributed by atoms with van der Waals surface area (Å²) >= 11 is 0. The SMILES string of the molecule is c1ccc(-c2ccc(C3CCCC3)c(-n3ccnc3-c3ccccc3)c2C2CCCC2)cc1. The van der Waals surface area contributed by atoms with Crippen LogP contribution in [0.2, 0.25) is 0 Å². The Morgan fingerprint density at radius 1 is 0.636 bits per heavy atom. The molecule has 2 heteroatoms. The molecule has 33 heavy (non-hydrogen) atoms. The van der Waals surface area contributed by atoms with E-state index in [0.29, 0.717) is 11.8 Å². The molecule has 3 aromatic carbocycles. The summed E-state index contributed by atoms with van der Waals surface area (Å²) in [6.45, 7) is 0. The van der Waals surface area contributed by atoms with Crippen molar-refractivity contribution in [1.82, 2.24) is 9.55 Å². The van der Waals surface area contributed by atoms with E-state index < -0.39 is 0 Å². The van der Waals surface area contributed by atoms with E-state index in [0.717, 1.165) is 5.82 Å². The van der Waals surface area contributed by atoms with Gasteiger partial charge >= 0.3 is 0 Å². The van der Waals surface area contributed by atoms with Crippen molar-refractivity contribution >= 4 is 0 Å². The maximum atomic E-state index is 4.86. The number of rotatable bonds is 5. The standard InChI is InChI=1S/C31H32N2/c1-3-11-23(12-4-1)27-19-20-28(24-13-7-8-14-24)30(29(27)25-15-9-10-16-25)33-22-21-32-31(33)26-17-5-2-6-18-26/h1-6,11-12,17-22,24-25H,7-10,13-16H2. The Labute approximate surface area is 197 Å². The van der Waals surface area contributed by atoms with Gasteiger partial charge in [0.25, 0.3) is 0 Å². The third-order valence-electron chi connectivity index (χ3n) is 7.81. The molecule has 2 fully saturated rings. The largest absolute Gasteiger partial charge is 0.299 e. The Morgan fingerprint density at radius 2 is 1.24 bits per heavy atom. The second-order valence-corrected chi connectivity index (χ2v) is 9.78. The van der Waals surface area contributed by atoms with Gasteiger partial charge in [-0.25, -0.2) is 4.98 Å². The summed E-state index contributed by atoms with van der Waals surface area (Å²) < 4.78 is 2.42. The molecule has 2 aliphatic rings. The normalized spacial score (nSPS) is 17.1. The van der Waals surface area contributed by atoms with Crippen LogP contribution < -0.4 is 0 Å². The van der Waals surface area contributed by atoms with Crippen LogP contribution in [-0.2, 0) is 0 Å². The Morgan fingerprint density at radius 3 is 1.91 bits per heavy atom. The van der Waals surface area contributed by atoms with Crippen LogP contribution in [0.5, 0.6) is 0 Å². The first kappa shape index (κ1) is 20.5. The summed E-state index contributed by atoms with van der Waals surface area (Å²) in [6, 6.07) is 26.6. The molecule has 0 aliphatic heterocycles. The smallest absolute Gasteiger partial charge is 0.144 e. The molecular formula is C31H32N2. The summed E-state index contributed by atoms with van der Waals surface area (Å²) in [6.07, 6.45) is 14.7. The van der Waals surface area contributed by atoms with Crippen LogP contribution in [0, 0.1) is 0 Å². The molecular weight excluding hydrogens is 400 g/mol. The zero-order valence-electron chi connectivity index (χ0n) is 19.3. The van der Waals surface area contributed by atoms with E-state index in [1.165, 1.54) is 79.3 Å². The van der Waals surface area contributed by atoms with Crippen LogP contribution in [0.25, 0.3) is 28.2 Å². The zero-order chi connectivity index (χ0) is 22.0. The predicted molar refractivity (Wildman–Crippen MR) is 137 cm³/mol. The molecule has 0 bridgehead atoms. The monoisotopic (exact) mass is 432 g/mol. The van der Waals surface area contributed by atoms with Crippen molar-refractivity contribution < 1.29 is 0 Å². The van der Waals surface area contributed by atoms with Gasteiger partial charge in [0.1, 0.15) is 5.82 Å². The molecule has 2 aliphatic carbocycles. The Bertz CT molecular complexity index is 1210. The van der Waals surface area contributed by atoms with Gasteiger partial charge in [-0.05, 0) is 59.8 Å². The third kappa shape index (κ3) is 3.82. The third-order valence-corrected chi connectivity index (χ3v) is 7.81. The number of hydrogen-bond donors (Lipinski definition) is 0. The van der Waals surface area contributed by atoms with Gasteiger partial charge in [0.2, 0.25) is 0 Å². The molecule has 0 N–H and O–H groups in total. The lowest BCUT2D eigenvalue weighted by Gasteiger charge is -2.27. The van der Waals surface area contributed by atoms with E-state index in [2.05, 4.69) is 83.6 Å². The van der Waals surface area contributed by atoms with E-state index >= 15 is 0 Å². The molecule has 4 aromatic rings. The molecule has 0 radical (unpaired) electrons. The molecule has 166 valence electrons. The fourth-order valence-corrected chi connectivity index (χ4v) is 6.24. The molecule has 1 aromatic heterocycles. The Hall–Kier alpha value is -3.13. The predicted octanol–water partition coefficient (Wildman–Crippen LogP) is 8.52. The molecule has 0 atom stereocenters. The summed E-state index contributed by atoms with van der Waals surface area (Å²) in [4.78, 5) is 4.86. The fourth-order valence-electron chi connectivity index (χ4n) is 6.24. The lowest BCUT2D eigenvalue weighted by atomic mass is 9.83. The second kappa shape index (κ2) is 9.02. The summed E-state index contributed by atoms with van der Waals surface area (Å²) in [7, 11) is 0. The van der Waals surface area contributed by atoms with E-state index in [1.54, 1.807) is 5.56 Å². The van der Waals surface area contributed by atoms with Crippen LogP contribution in [-0.4, -0.2) is 9.55 Å². The van der Waals surface area contributed by atoms with Crippen LogP contribution >= 0.6 is 0 Å². The van der Waals surface area contributed by atoms with Crippen molar-refractivity contribution in [2.45, 2.75) is 63.2 Å². The van der Waals surface area contributed by atoms with Crippen molar-refractivity contribution in [3.05, 3.63) is 96.3 Å². The molecule has 0 spiro atoms. The summed E-state index contributed by atoms with van der Waals surface area (Å²) in [5.74, 6) is 2.32. The van der Waals surface area contributed by atoms with E-state index in [1.807, 2.05) is 6.20 Å². The fraction of sp³-hybridized carbons (Fsp3) is 0.323. The molecule has 0 amide bonds. The quantitative estimate of drug-likeness (QED) is 0.309. The topological polar surface area (TPSA) is 17.8 Å². The highest BCUT2D eigenvalue weighted by Gasteiger charge is 2.30. The van der Waals surface area contributed by atoms with E-state index in [4.69, 9.17) is 4.98 Å². The van der Waals surface area contributed by atoms with Gasteiger partial charge in [-0.3, -0.25) is 4.57 Å². The number of aromatic nitrogens is 2. The van der Waals surface area contributed by atoms with Crippen molar-refractivity contribution in [2.75, 3.05) is 0 Å². The lowest BCUT2D eigenvalue weighted by Crippen LogP contribution is -2.11. The zero-order valence-corrected chi connectivity index (χ0v) is 19.3. The van der Waals surface area contributed by atoms with Gasteiger partial charge in [0.05, 0.1) is 5.69 Å². The van der Waals surface area contributed by atoms with Crippen molar-refractivity contribution in [2.24, 2.45) is 0 Å². The van der Waals surface area contributed by atoms with E-state index in [9.17, 15) is 0 Å². The average Bonchev–Trinajstić information content (AvgIpc) is 3.67. The van der Waals surface area contributed by atoms with Crippen LogP contribution in [0.4, 0.5) is 0 Å². The minimum Gasteiger partial charge on any atom is -0.299 e. The molecule has 2 saturated carbocycles. The van der Waals surface area contributed by atoms with Gasteiger partial charge in [-0.2, -0.15) is 0 Å². The van der Waals surface area contributed by atoms with Gasteiger partial charge in [0, 0.05) is 18.0 Å². The molecule has 0 saturated heterocycles. The molecule has 6 rings (SSSR count). The van der Waals surface area contributed by atoms with Crippen molar-refractivity contribution in [1.29, 1.82) is 0 Å². The van der Waals surface area contributed by atoms with Crippen LogP contribution in [0.3, 0.4) is 0 Å². The Kier molecular flexibility index (Phi) is 5.59. The number of nitrogens with zero attached hydrogens (tertiary/aromatic N) is 2. The summed E-state index contributed by atoms with van der Waals surface area (Å²) in [5, 5.41) is 0. The first-order chi connectivity index (χ1) is 16.4. The van der Waals surface area contributed by atoms with Gasteiger partial charge in [-0.15, -0.1) is 0 Å². The maximum absolute atomic E-state index is 4.86. The van der Waals surface area contributed by atoms with Crippen LogP contribution in [0.1, 0.15) is 74.3 Å². The highest BCUT2D eigenvalue weighted by molar-refractivity contribution is 5.75. The molecule has 2 nitrogen and oxygen atoms in total. The number of benzene rings is 3. The molecule has 0 unspecified atom stereocenters. The first-order valence-electron chi connectivity index (χ1n) is 12.7. The minimum absolute atomic E-state index is 0.614. The average molecular weight is 433 g/mol. The first-order valence-corrected chi connectivity index (χ1v) is 12.7. The van der Waals surface area contributed by atoms with Crippen molar-refractivity contribution in [3.8, 4) is 28.2 Å². The Balaban J connectivity index is 1.64. The van der Waals surface area contributed by atoms with Gasteiger partial charge < -0.3 is 0 Å². The second-order valence-electron chi connectivity index (χ2n) is 9.78. The number of imidazole rings is 1. The van der Waals surface area contributed by atoms with Crippen LogP contribution in [0.15, 0.2) is 85.2 Å². The summed E-state index contributed by atoms with van der Waals surface area (Å²) in [5.41, 5.74) is 8.43. The minimum atomic E-state index is 0.614. The highest BCUT2D eigenvalue weighted by atomic mass is 15.1. The highest BCUT2D eigenvalue weighted by Crippen LogP contribution is 2.47. The van der Waals surface area contributed by atoms with Gasteiger partial charge in [-0.1, -0.05) is 98.5 Å². The lowest BCUT2D eigenvalue weighted by molar-refractivity contribution is 0.690. The molecule has 1 heterocycles. The van der Waals surface area contributed by atoms with E-state index in [-0.39, 0.29) is 0 Å². The maximum Gasteiger partial charge on any atom is 0.144 e. The van der Waals surface area contributed by atoms with Crippen molar-refractivity contribution in [3.63, 3.8) is 0 Å². The van der Waals surface area contributed by atoms with Gasteiger partial charge in [0.15, 0.2) is 0 Å².